The third-order valence-corrected chi connectivity index (χ3v) is 5.95. The van der Waals surface area contributed by atoms with E-state index in [-0.39, 0.29) is 25.1 Å². The zero-order valence-corrected chi connectivity index (χ0v) is 17.5. The summed E-state index contributed by atoms with van der Waals surface area (Å²) in [7, 11) is -2.97. The first-order valence-corrected chi connectivity index (χ1v) is 10.7. The van der Waals surface area contributed by atoms with E-state index in [1.54, 1.807) is 13.8 Å². The number of rotatable bonds is 10. The molecule has 6 atom stereocenters. The molecule has 2 fully saturated rings. The van der Waals surface area contributed by atoms with Crippen molar-refractivity contribution in [3.63, 3.8) is 0 Å². The molecule has 0 radical (unpaired) electrons. The molecule has 0 bridgehead atoms. The molecule has 30 heavy (non-hydrogen) atoms. The molecule has 0 aromatic carbocycles. The molecule has 0 spiro atoms. The molecule has 1 aliphatic heterocycles. The number of hydrogen-bond acceptors (Lipinski definition) is 10. The topological polar surface area (TPSA) is 166 Å². The van der Waals surface area contributed by atoms with Gasteiger partial charge >= 0.3 is 19.9 Å². The van der Waals surface area contributed by atoms with Gasteiger partial charge in [0.25, 0.3) is 5.56 Å². The maximum absolute atomic E-state index is 12.1. The van der Waals surface area contributed by atoms with Crippen LogP contribution in [0.3, 0.4) is 0 Å². The van der Waals surface area contributed by atoms with Crippen LogP contribution in [0.4, 0.5) is 0 Å². The third-order valence-electron chi connectivity index (χ3n) is 5.07. The number of aliphatic hydroxyl groups excluding tert-OH is 2. The number of carbonyl (C=O) groups is 1. The fraction of sp³-hybridized carbons (Fsp3) is 0.706. The monoisotopic (exact) mass is 448 g/mol. The molecule has 1 aromatic heterocycles. The van der Waals surface area contributed by atoms with Gasteiger partial charge in [-0.25, -0.2) is 4.79 Å². The minimum Gasteiger partial charge on any atom is -0.463 e. The number of esters is 1. The van der Waals surface area contributed by atoms with Crippen LogP contribution in [-0.2, 0) is 27.9 Å². The average molecular weight is 448 g/mol. The van der Waals surface area contributed by atoms with Crippen LogP contribution in [0.5, 0.6) is 0 Å². The number of hydrogen-bond donors (Lipinski definition) is 3. The second kappa shape index (κ2) is 9.13. The highest BCUT2D eigenvalue weighted by Crippen LogP contribution is 2.63. The number of nitrogens with zero attached hydrogens (tertiary/aromatic N) is 1. The highest BCUT2D eigenvalue weighted by Gasteiger charge is 2.78. The van der Waals surface area contributed by atoms with Crippen molar-refractivity contribution in [2.75, 3.05) is 13.2 Å². The van der Waals surface area contributed by atoms with Crippen molar-refractivity contribution in [3.05, 3.63) is 33.1 Å². The normalized spacial score (nSPS) is 30.8. The van der Waals surface area contributed by atoms with Crippen LogP contribution in [-0.4, -0.2) is 63.4 Å². The molecule has 2 unspecified atom stereocenters. The number of aromatic nitrogens is 2. The number of aromatic amines is 1. The number of H-pyrrole nitrogens is 1. The first-order chi connectivity index (χ1) is 14.2. The Bertz CT molecular complexity index is 914. The van der Waals surface area contributed by atoms with E-state index in [0.717, 1.165) is 10.6 Å². The Morgan fingerprint density at radius 3 is 2.77 bits per heavy atom. The van der Waals surface area contributed by atoms with Gasteiger partial charge in [0.2, 0.25) is 0 Å². The molecule has 2 aliphatic rings. The Morgan fingerprint density at radius 1 is 1.43 bits per heavy atom. The number of fused-ring (bicyclic) bond motifs is 1. The molecular weight excluding hydrogens is 423 g/mol. The molecule has 2 heterocycles. The first kappa shape index (κ1) is 22.9. The van der Waals surface area contributed by atoms with Gasteiger partial charge in [0, 0.05) is 18.7 Å². The Hall–Kier alpha value is -1.82. The SMILES string of the molecule is CC(C)OC(=O)CCCO[PH](=O)OC1[C@H]2O[C@@H](n3ccc(=O)[nH]c3=O)[C@H](O)[C@@]12CO. The van der Waals surface area contributed by atoms with Gasteiger partial charge in [0.05, 0.1) is 24.7 Å². The number of nitrogens with one attached hydrogen (secondary N) is 1. The summed E-state index contributed by atoms with van der Waals surface area (Å²) in [5, 5.41) is 20.4. The van der Waals surface area contributed by atoms with Gasteiger partial charge in [-0.3, -0.25) is 23.7 Å². The van der Waals surface area contributed by atoms with Gasteiger partial charge in [-0.15, -0.1) is 0 Å². The van der Waals surface area contributed by atoms with Crippen LogP contribution in [0.2, 0.25) is 0 Å². The molecule has 13 heteroatoms. The van der Waals surface area contributed by atoms with Gasteiger partial charge in [-0.05, 0) is 20.3 Å². The Kier molecular flexibility index (Phi) is 6.95. The van der Waals surface area contributed by atoms with Gasteiger partial charge in [-0.2, -0.15) is 0 Å². The fourth-order valence-corrected chi connectivity index (χ4v) is 4.46. The number of aliphatic hydroxyl groups is 2. The largest absolute Gasteiger partial charge is 0.463 e. The summed E-state index contributed by atoms with van der Waals surface area (Å²) >= 11 is 0. The highest BCUT2D eigenvalue weighted by molar-refractivity contribution is 7.33. The zero-order chi connectivity index (χ0) is 22.1. The lowest BCUT2D eigenvalue weighted by molar-refractivity contribution is -0.147. The van der Waals surface area contributed by atoms with E-state index in [0.29, 0.717) is 6.42 Å². The summed E-state index contributed by atoms with van der Waals surface area (Å²) in [5.74, 6) is -0.384. The summed E-state index contributed by atoms with van der Waals surface area (Å²) in [6.07, 6.45) is -2.81. The fourth-order valence-electron chi connectivity index (χ4n) is 3.53. The number of carbonyl (C=O) groups excluding carboxylic acids is 1. The van der Waals surface area contributed by atoms with Gasteiger partial charge in [0.1, 0.15) is 18.3 Å². The molecule has 12 nitrogen and oxygen atoms in total. The second-order valence-electron chi connectivity index (χ2n) is 7.46. The second-order valence-corrected chi connectivity index (χ2v) is 8.48. The standard InChI is InChI=1S/C17H25N2O10P/c1-9(2)27-11(22)4-3-7-26-30(25)29-14-13-17(14,8-20)12(23)15(28-13)19-6-5-10(21)18-16(19)24/h5-6,9,12-15,20,23,30H,3-4,7-8H2,1-2H3,(H,18,21,24)/t12-,13+,14?,15+,17+/m0/s1. The lowest BCUT2D eigenvalue weighted by atomic mass is 9.99. The molecule has 168 valence electrons. The Balaban J connectivity index is 1.51. The van der Waals surface area contributed by atoms with E-state index >= 15 is 0 Å². The molecule has 3 rings (SSSR count). The van der Waals surface area contributed by atoms with Crippen molar-refractivity contribution >= 4 is 14.2 Å². The van der Waals surface area contributed by atoms with Crippen molar-refractivity contribution in [3.8, 4) is 0 Å². The van der Waals surface area contributed by atoms with Crippen molar-refractivity contribution in [2.24, 2.45) is 5.41 Å². The number of ether oxygens (including phenoxy) is 2. The van der Waals surface area contributed by atoms with Crippen LogP contribution in [0.15, 0.2) is 21.9 Å². The molecule has 3 N–H and O–H groups in total. The van der Waals surface area contributed by atoms with Crippen LogP contribution in [0.1, 0.15) is 32.9 Å². The summed E-state index contributed by atoms with van der Waals surface area (Å²) in [5.41, 5.74) is -2.63. The predicted octanol–water partition coefficient (Wildman–Crippen LogP) is -0.689. The summed E-state index contributed by atoms with van der Waals surface area (Å²) in [4.78, 5) is 36.6. The molecule has 1 saturated carbocycles. The first-order valence-electron chi connectivity index (χ1n) is 9.49. The van der Waals surface area contributed by atoms with E-state index in [1.165, 1.54) is 6.20 Å². The van der Waals surface area contributed by atoms with Gasteiger partial charge < -0.3 is 28.7 Å². The van der Waals surface area contributed by atoms with E-state index in [9.17, 15) is 29.2 Å². The zero-order valence-electron chi connectivity index (χ0n) is 16.5. The lowest BCUT2D eigenvalue weighted by Gasteiger charge is -2.25. The molecule has 0 amide bonds. The van der Waals surface area contributed by atoms with E-state index < -0.39 is 56.1 Å². The summed E-state index contributed by atoms with van der Waals surface area (Å²) < 4.78 is 34.1. The quantitative estimate of drug-likeness (QED) is 0.237. The predicted molar refractivity (Wildman–Crippen MR) is 101 cm³/mol. The third kappa shape index (κ3) is 4.43. The molecule has 1 aliphatic carbocycles. The molecular formula is C17H25N2O10P. The van der Waals surface area contributed by atoms with Crippen LogP contribution >= 0.6 is 8.25 Å². The highest BCUT2D eigenvalue weighted by atomic mass is 31.1. The lowest BCUT2D eigenvalue weighted by Crippen LogP contribution is -2.40. The minimum atomic E-state index is -2.97. The van der Waals surface area contributed by atoms with Gasteiger partial charge in [-0.1, -0.05) is 0 Å². The molecule has 1 saturated heterocycles. The maximum atomic E-state index is 12.1. The van der Waals surface area contributed by atoms with Gasteiger partial charge in [0.15, 0.2) is 6.23 Å². The average Bonchev–Trinajstić information content (AvgIpc) is 3.16. The smallest absolute Gasteiger partial charge is 0.330 e. The Labute approximate surface area is 171 Å². The van der Waals surface area contributed by atoms with E-state index in [2.05, 4.69) is 4.98 Å². The molecule has 1 aromatic rings. The van der Waals surface area contributed by atoms with Crippen LogP contribution in [0, 0.1) is 5.41 Å². The Morgan fingerprint density at radius 2 is 2.17 bits per heavy atom. The minimum absolute atomic E-state index is 0.00725. The van der Waals surface area contributed by atoms with Crippen LogP contribution < -0.4 is 11.2 Å². The summed E-state index contributed by atoms with van der Waals surface area (Å²) in [6, 6.07) is 1.10. The van der Waals surface area contributed by atoms with Crippen LogP contribution in [0.25, 0.3) is 0 Å². The van der Waals surface area contributed by atoms with E-state index in [4.69, 9.17) is 18.5 Å². The maximum Gasteiger partial charge on any atom is 0.330 e. The summed E-state index contributed by atoms with van der Waals surface area (Å²) in [6.45, 7) is 2.94. The van der Waals surface area contributed by atoms with Crippen molar-refractivity contribution in [1.29, 1.82) is 0 Å². The van der Waals surface area contributed by atoms with E-state index in [1.807, 2.05) is 0 Å². The van der Waals surface area contributed by atoms with Crippen molar-refractivity contribution in [1.82, 2.24) is 9.55 Å². The van der Waals surface area contributed by atoms with Crippen molar-refractivity contribution in [2.45, 2.75) is 57.3 Å². The van der Waals surface area contributed by atoms with Crippen molar-refractivity contribution < 1.29 is 38.1 Å².